The molecule has 3 heteroatoms. The maximum atomic E-state index is 12.7. The molecule has 0 radical (unpaired) electrons. The second-order valence-electron chi connectivity index (χ2n) is 5.76. The third kappa shape index (κ3) is 4.78. The zero-order valence-corrected chi connectivity index (χ0v) is 13.3. The molecule has 2 aromatic rings. The normalized spacial score (nSPS) is 12.1. The molecular formula is C20H21O3-. The topological polar surface area (TPSA) is 57.2 Å². The van der Waals surface area contributed by atoms with Crippen LogP contribution in [-0.4, -0.2) is 11.8 Å². The van der Waals surface area contributed by atoms with Crippen molar-refractivity contribution < 1.29 is 14.7 Å². The molecule has 0 saturated heterocycles. The van der Waals surface area contributed by atoms with Crippen LogP contribution in [0.1, 0.15) is 24.5 Å². The monoisotopic (exact) mass is 309 g/mol. The molecule has 0 fully saturated rings. The van der Waals surface area contributed by atoms with Gasteiger partial charge in [0.1, 0.15) is 5.78 Å². The van der Waals surface area contributed by atoms with E-state index in [1.165, 1.54) is 0 Å². The van der Waals surface area contributed by atoms with E-state index in [0.717, 1.165) is 11.1 Å². The van der Waals surface area contributed by atoms with Gasteiger partial charge in [0, 0.05) is 5.92 Å². The minimum Gasteiger partial charge on any atom is -0.549 e. The Morgan fingerprint density at radius 1 is 0.870 bits per heavy atom. The summed E-state index contributed by atoms with van der Waals surface area (Å²) in [7, 11) is 0. The molecule has 120 valence electrons. The molecule has 2 rings (SSSR count). The third-order valence-corrected chi connectivity index (χ3v) is 4.09. The minimum atomic E-state index is -1.27. The van der Waals surface area contributed by atoms with E-state index in [1.54, 1.807) is 6.92 Å². The van der Waals surface area contributed by atoms with Gasteiger partial charge in [-0.05, 0) is 30.4 Å². The van der Waals surface area contributed by atoms with Crippen LogP contribution in [0.2, 0.25) is 0 Å². The lowest BCUT2D eigenvalue weighted by Gasteiger charge is -2.22. The van der Waals surface area contributed by atoms with E-state index in [0.29, 0.717) is 12.8 Å². The molecule has 1 atom stereocenters. The number of Topliss-reactive ketones (excluding diaryl/α,β-unsaturated/α-hetero) is 1. The van der Waals surface area contributed by atoms with Gasteiger partial charge in [0.25, 0.3) is 0 Å². The number of aliphatic carboxylic acids is 1. The first kappa shape index (κ1) is 16.9. The zero-order valence-electron chi connectivity index (χ0n) is 13.3. The first-order chi connectivity index (χ1) is 11.1. The minimum absolute atomic E-state index is 0.236. The Bertz CT molecular complexity index is 593. The molecule has 0 aliphatic heterocycles. The van der Waals surface area contributed by atoms with Gasteiger partial charge >= 0.3 is 0 Å². The summed E-state index contributed by atoms with van der Waals surface area (Å²) in [6.07, 6.45) is 1.35. The number of ketones is 1. The molecule has 1 unspecified atom stereocenters. The summed E-state index contributed by atoms with van der Waals surface area (Å²) in [4.78, 5) is 24.0. The summed E-state index contributed by atoms with van der Waals surface area (Å²) in [6.45, 7) is 1.71. The average Bonchev–Trinajstić information content (AvgIpc) is 2.56. The lowest BCUT2D eigenvalue weighted by atomic mass is 9.83. The van der Waals surface area contributed by atoms with E-state index in [4.69, 9.17) is 0 Å². The van der Waals surface area contributed by atoms with E-state index in [9.17, 15) is 14.7 Å². The van der Waals surface area contributed by atoms with Crippen LogP contribution >= 0.6 is 0 Å². The highest BCUT2D eigenvalue weighted by Gasteiger charge is 2.27. The van der Waals surface area contributed by atoms with E-state index < -0.39 is 11.9 Å². The van der Waals surface area contributed by atoms with Crippen LogP contribution in [0, 0.1) is 11.8 Å². The molecule has 0 saturated carbocycles. The van der Waals surface area contributed by atoms with Crippen LogP contribution in [0.4, 0.5) is 0 Å². The molecule has 0 N–H and O–H groups in total. The number of carboxylic acids is 1. The Labute approximate surface area is 137 Å². The van der Waals surface area contributed by atoms with Gasteiger partial charge in [-0.2, -0.15) is 0 Å². The van der Waals surface area contributed by atoms with Gasteiger partial charge in [0.05, 0.1) is 11.9 Å². The summed E-state index contributed by atoms with van der Waals surface area (Å²) in [5.74, 6) is -2.90. The van der Waals surface area contributed by atoms with Crippen LogP contribution < -0.4 is 5.11 Å². The van der Waals surface area contributed by atoms with Gasteiger partial charge in [0.15, 0.2) is 0 Å². The molecule has 23 heavy (non-hydrogen) atoms. The van der Waals surface area contributed by atoms with Crippen LogP contribution in [-0.2, 0) is 22.4 Å². The molecule has 0 bridgehead atoms. The maximum absolute atomic E-state index is 12.7. The van der Waals surface area contributed by atoms with Crippen molar-refractivity contribution in [2.75, 3.05) is 0 Å². The van der Waals surface area contributed by atoms with Crippen molar-refractivity contribution >= 4 is 11.8 Å². The first-order valence-corrected chi connectivity index (χ1v) is 7.94. The summed E-state index contributed by atoms with van der Waals surface area (Å²) in [5, 5.41) is 11.2. The Kier molecular flexibility index (Phi) is 6.10. The molecule has 0 aliphatic rings. The van der Waals surface area contributed by atoms with Crippen molar-refractivity contribution in [1.82, 2.24) is 0 Å². The van der Waals surface area contributed by atoms with Gasteiger partial charge < -0.3 is 9.90 Å². The number of carbonyl (C=O) groups excluding carboxylic acids is 2. The highest BCUT2D eigenvalue weighted by atomic mass is 16.4. The quantitative estimate of drug-likeness (QED) is 0.704. The van der Waals surface area contributed by atoms with Gasteiger partial charge in [-0.15, -0.1) is 0 Å². The van der Waals surface area contributed by atoms with Crippen LogP contribution in [0.15, 0.2) is 60.7 Å². The predicted octanol–water partition coefficient (Wildman–Crippen LogP) is 2.43. The Morgan fingerprint density at radius 2 is 1.30 bits per heavy atom. The average molecular weight is 309 g/mol. The van der Waals surface area contributed by atoms with E-state index in [1.807, 2.05) is 60.7 Å². The maximum Gasteiger partial charge on any atom is 0.145 e. The summed E-state index contributed by atoms with van der Waals surface area (Å²) < 4.78 is 0. The van der Waals surface area contributed by atoms with Gasteiger partial charge in [-0.25, -0.2) is 0 Å². The van der Waals surface area contributed by atoms with Gasteiger partial charge in [0.2, 0.25) is 0 Å². The number of rotatable bonds is 8. The number of carboxylic acid groups (broad SMARTS) is 1. The lowest BCUT2D eigenvalue weighted by Crippen LogP contribution is -2.39. The fraction of sp³-hybridized carbons (Fsp3) is 0.300. The fourth-order valence-electron chi connectivity index (χ4n) is 2.84. The van der Waals surface area contributed by atoms with E-state index in [-0.39, 0.29) is 18.1 Å². The second kappa shape index (κ2) is 8.28. The molecule has 3 nitrogen and oxygen atoms in total. The zero-order chi connectivity index (χ0) is 16.7. The molecule has 0 amide bonds. The molecule has 2 aromatic carbocycles. The summed E-state index contributed by atoms with van der Waals surface area (Å²) >= 11 is 0. The smallest absolute Gasteiger partial charge is 0.145 e. The summed E-state index contributed by atoms with van der Waals surface area (Å²) in [6, 6.07) is 19.4. The van der Waals surface area contributed by atoms with E-state index >= 15 is 0 Å². The van der Waals surface area contributed by atoms with Crippen LogP contribution in [0.3, 0.4) is 0 Å². The van der Waals surface area contributed by atoms with Crippen molar-refractivity contribution in [3.8, 4) is 0 Å². The molecule has 0 aromatic heterocycles. The van der Waals surface area contributed by atoms with Crippen LogP contribution in [0.25, 0.3) is 0 Å². The molecule has 0 spiro atoms. The lowest BCUT2D eigenvalue weighted by molar-refractivity contribution is -0.310. The van der Waals surface area contributed by atoms with Gasteiger partial charge in [-0.3, -0.25) is 4.79 Å². The number of hydrogen-bond donors (Lipinski definition) is 0. The van der Waals surface area contributed by atoms with Gasteiger partial charge in [-0.1, -0.05) is 67.6 Å². The predicted molar refractivity (Wildman–Crippen MR) is 87.6 cm³/mol. The number of hydrogen-bond acceptors (Lipinski definition) is 3. The SMILES string of the molecule is CCC(C(=O)[O-])C(=O)C(Cc1ccccc1)Cc1ccccc1. The second-order valence-corrected chi connectivity index (χ2v) is 5.76. The first-order valence-electron chi connectivity index (χ1n) is 7.94. The van der Waals surface area contributed by atoms with E-state index in [2.05, 4.69) is 0 Å². The largest absolute Gasteiger partial charge is 0.549 e. The highest BCUT2D eigenvalue weighted by molar-refractivity contribution is 5.98. The van der Waals surface area contributed by atoms with Crippen molar-refractivity contribution in [2.24, 2.45) is 11.8 Å². The third-order valence-electron chi connectivity index (χ3n) is 4.09. The molecular weight excluding hydrogens is 288 g/mol. The number of carbonyl (C=O) groups is 2. The molecule has 0 heterocycles. The number of benzene rings is 2. The van der Waals surface area contributed by atoms with Crippen molar-refractivity contribution in [3.63, 3.8) is 0 Å². The summed E-state index contributed by atoms with van der Waals surface area (Å²) in [5.41, 5.74) is 2.07. The van der Waals surface area contributed by atoms with Crippen molar-refractivity contribution in [3.05, 3.63) is 71.8 Å². The Hall–Kier alpha value is -2.42. The highest BCUT2D eigenvalue weighted by Crippen LogP contribution is 2.20. The van der Waals surface area contributed by atoms with Crippen molar-refractivity contribution in [1.29, 1.82) is 0 Å². The van der Waals surface area contributed by atoms with Crippen LogP contribution in [0.5, 0.6) is 0 Å². The Morgan fingerprint density at radius 3 is 1.65 bits per heavy atom. The van der Waals surface area contributed by atoms with Crippen molar-refractivity contribution in [2.45, 2.75) is 26.2 Å². The standard InChI is InChI=1S/C20H22O3/c1-2-18(20(22)23)19(21)17(13-15-9-5-3-6-10-15)14-16-11-7-4-8-12-16/h3-12,17-18H,2,13-14H2,1H3,(H,22,23)/p-1. The fourth-order valence-corrected chi connectivity index (χ4v) is 2.84. The Balaban J connectivity index is 2.23. The molecule has 0 aliphatic carbocycles.